The monoisotopic (exact) mass is 285 g/mol. The molecule has 1 aromatic carbocycles. The van der Waals surface area contributed by atoms with Crippen molar-refractivity contribution in [2.24, 2.45) is 4.99 Å². The molecule has 1 saturated heterocycles. The summed E-state index contributed by atoms with van der Waals surface area (Å²) < 4.78 is 0. The molecule has 1 N–H and O–H groups in total. The van der Waals surface area contributed by atoms with Crippen LogP contribution in [0.2, 0.25) is 0 Å². The van der Waals surface area contributed by atoms with Gasteiger partial charge in [0.25, 0.3) is 0 Å². The van der Waals surface area contributed by atoms with E-state index in [1.54, 1.807) is 0 Å². The van der Waals surface area contributed by atoms with Crippen LogP contribution in [-0.4, -0.2) is 21.4 Å². The van der Waals surface area contributed by atoms with E-state index in [1.807, 2.05) is 24.0 Å². The number of rotatable bonds is 2. The molecule has 2 heterocycles. The Hall–Kier alpha value is -1.55. The van der Waals surface area contributed by atoms with Crippen molar-refractivity contribution in [3.63, 3.8) is 0 Å². The van der Waals surface area contributed by atoms with Gasteiger partial charge in [0, 0.05) is 22.9 Å². The molecule has 1 aliphatic rings. The van der Waals surface area contributed by atoms with E-state index in [4.69, 9.17) is 4.99 Å². The van der Waals surface area contributed by atoms with Gasteiger partial charge in [-0.05, 0) is 25.0 Å². The van der Waals surface area contributed by atoms with Crippen molar-refractivity contribution in [2.75, 3.05) is 0 Å². The van der Waals surface area contributed by atoms with E-state index in [9.17, 15) is 0 Å². The molecular formula is C16H19N3S. The van der Waals surface area contributed by atoms with Crippen LogP contribution in [0.15, 0.2) is 41.5 Å². The van der Waals surface area contributed by atoms with E-state index >= 15 is 0 Å². The van der Waals surface area contributed by atoms with Crippen LogP contribution in [0.5, 0.6) is 0 Å². The largest absolute Gasteiger partial charge is 0.362 e. The predicted octanol–water partition coefficient (Wildman–Crippen LogP) is 3.59. The van der Waals surface area contributed by atoms with Gasteiger partial charge in [0.1, 0.15) is 0 Å². The molecule has 1 aliphatic heterocycles. The Bertz CT molecular complexity index is 621. The summed E-state index contributed by atoms with van der Waals surface area (Å²) >= 11 is 1.83. The molecule has 2 unspecified atom stereocenters. The summed E-state index contributed by atoms with van der Waals surface area (Å²) in [6.45, 7) is 5.16. The second kappa shape index (κ2) is 5.83. The Balaban J connectivity index is 1.83. The highest BCUT2D eigenvalue weighted by Crippen LogP contribution is 2.23. The number of aliphatic imine (C=N–C) groups is 1. The van der Waals surface area contributed by atoms with Gasteiger partial charge in [-0.25, -0.2) is 0 Å². The number of aromatic nitrogens is 1. The fourth-order valence-electron chi connectivity index (χ4n) is 2.58. The summed E-state index contributed by atoms with van der Waals surface area (Å²) in [5.41, 5.74) is 2.24. The average Bonchev–Trinajstić information content (AvgIpc) is 2.44. The van der Waals surface area contributed by atoms with E-state index in [0.29, 0.717) is 17.8 Å². The van der Waals surface area contributed by atoms with Crippen molar-refractivity contribution >= 4 is 27.8 Å². The third kappa shape index (κ3) is 2.96. The molecule has 0 saturated carbocycles. The van der Waals surface area contributed by atoms with Gasteiger partial charge in [-0.15, -0.1) is 0 Å². The highest BCUT2D eigenvalue weighted by Gasteiger charge is 2.19. The van der Waals surface area contributed by atoms with Gasteiger partial charge in [0.2, 0.25) is 0 Å². The van der Waals surface area contributed by atoms with Crippen molar-refractivity contribution in [1.29, 1.82) is 0 Å². The molecule has 1 fully saturated rings. The van der Waals surface area contributed by atoms with Gasteiger partial charge in [-0.1, -0.05) is 43.0 Å². The van der Waals surface area contributed by atoms with E-state index in [0.717, 1.165) is 10.7 Å². The number of hydrogen-bond donors (Lipinski definition) is 1. The maximum Gasteiger partial charge on any atom is 0.157 e. The van der Waals surface area contributed by atoms with Crippen molar-refractivity contribution in [3.8, 4) is 0 Å². The number of para-hydroxylation sites is 1. The maximum atomic E-state index is 4.73. The molecule has 3 nitrogen and oxygen atoms in total. The smallest absolute Gasteiger partial charge is 0.157 e. The molecular weight excluding hydrogens is 266 g/mol. The topological polar surface area (TPSA) is 37.3 Å². The van der Waals surface area contributed by atoms with Crippen LogP contribution in [0.4, 0.5) is 0 Å². The van der Waals surface area contributed by atoms with Crippen molar-refractivity contribution < 1.29 is 0 Å². The molecule has 0 spiro atoms. The zero-order valence-electron chi connectivity index (χ0n) is 11.8. The number of nitrogens with one attached hydrogen (secondary N) is 1. The van der Waals surface area contributed by atoms with Gasteiger partial charge >= 0.3 is 0 Å². The van der Waals surface area contributed by atoms with Crippen LogP contribution < -0.4 is 5.32 Å². The Morgan fingerprint density at radius 3 is 3.00 bits per heavy atom. The number of benzene rings is 1. The lowest BCUT2D eigenvalue weighted by Crippen LogP contribution is -2.38. The zero-order chi connectivity index (χ0) is 13.9. The van der Waals surface area contributed by atoms with Gasteiger partial charge < -0.3 is 5.32 Å². The van der Waals surface area contributed by atoms with Crippen LogP contribution in [-0.2, 0) is 6.54 Å². The summed E-state index contributed by atoms with van der Waals surface area (Å²) in [5, 5.41) is 6.33. The number of nitrogens with zero attached hydrogens (tertiary/aromatic N) is 2. The first-order valence-electron chi connectivity index (χ1n) is 7.02. The third-order valence-electron chi connectivity index (χ3n) is 3.48. The summed E-state index contributed by atoms with van der Waals surface area (Å²) in [6.07, 6.45) is 3.04. The lowest BCUT2D eigenvalue weighted by molar-refractivity contribution is 0.597. The number of pyridine rings is 1. The quantitative estimate of drug-likeness (QED) is 0.916. The molecule has 0 bridgehead atoms. The molecule has 0 radical (unpaired) electrons. The molecule has 0 aliphatic carbocycles. The van der Waals surface area contributed by atoms with Crippen LogP contribution in [0.25, 0.3) is 10.9 Å². The second-order valence-corrected chi connectivity index (χ2v) is 6.75. The summed E-state index contributed by atoms with van der Waals surface area (Å²) in [4.78, 5) is 9.21. The average molecular weight is 285 g/mol. The normalized spacial score (nSPS) is 24.8. The Morgan fingerprint density at radius 2 is 2.15 bits per heavy atom. The SMILES string of the molecule is CC1CC(C)SC(=NCc2cccc3cccnc23)N1. The van der Waals surface area contributed by atoms with Crippen LogP contribution in [0.1, 0.15) is 25.8 Å². The van der Waals surface area contributed by atoms with Crippen LogP contribution >= 0.6 is 11.8 Å². The number of thioether (sulfide) groups is 1. The summed E-state index contributed by atoms with van der Waals surface area (Å²) in [7, 11) is 0. The van der Waals surface area contributed by atoms with Crippen molar-refractivity contribution in [1.82, 2.24) is 10.3 Å². The zero-order valence-corrected chi connectivity index (χ0v) is 12.7. The molecule has 20 heavy (non-hydrogen) atoms. The number of fused-ring (bicyclic) bond motifs is 1. The molecule has 0 amide bonds. The van der Waals surface area contributed by atoms with Gasteiger partial charge in [-0.2, -0.15) is 0 Å². The third-order valence-corrected chi connectivity index (χ3v) is 4.54. The highest BCUT2D eigenvalue weighted by atomic mass is 32.2. The first-order chi connectivity index (χ1) is 9.72. The van der Waals surface area contributed by atoms with Crippen LogP contribution in [0.3, 0.4) is 0 Å². The Kier molecular flexibility index (Phi) is 3.92. The Morgan fingerprint density at radius 1 is 1.30 bits per heavy atom. The van der Waals surface area contributed by atoms with Gasteiger partial charge in [-0.3, -0.25) is 9.98 Å². The first-order valence-corrected chi connectivity index (χ1v) is 7.90. The van der Waals surface area contributed by atoms with Crippen LogP contribution in [0, 0.1) is 0 Å². The number of hydrogen-bond acceptors (Lipinski definition) is 3. The van der Waals surface area contributed by atoms with Gasteiger partial charge in [0.15, 0.2) is 5.17 Å². The van der Waals surface area contributed by atoms with Gasteiger partial charge in [0.05, 0.1) is 12.1 Å². The fraction of sp³-hybridized carbons (Fsp3) is 0.375. The van der Waals surface area contributed by atoms with Crippen molar-refractivity contribution in [2.45, 2.75) is 38.1 Å². The minimum Gasteiger partial charge on any atom is -0.362 e. The summed E-state index contributed by atoms with van der Waals surface area (Å²) in [6, 6.07) is 10.9. The summed E-state index contributed by atoms with van der Waals surface area (Å²) in [5.74, 6) is 0. The first kappa shape index (κ1) is 13.4. The number of amidine groups is 1. The lowest BCUT2D eigenvalue weighted by Gasteiger charge is -2.26. The molecule has 104 valence electrons. The minimum atomic E-state index is 0.510. The maximum absolute atomic E-state index is 4.73. The van der Waals surface area contributed by atoms with E-state index in [-0.39, 0.29) is 0 Å². The standard InChI is InChI=1S/C16H19N3S/c1-11-9-12(2)20-16(19-11)18-10-14-6-3-5-13-7-4-8-17-15(13)14/h3-8,11-12H,9-10H2,1-2H3,(H,18,19). The highest BCUT2D eigenvalue weighted by molar-refractivity contribution is 8.14. The Labute approximate surface area is 123 Å². The molecule has 2 atom stereocenters. The molecule has 4 heteroatoms. The molecule has 2 aromatic rings. The lowest BCUT2D eigenvalue weighted by atomic mass is 10.1. The molecule has 1 aromatic heterocycles. The molecule has 3 rings (SSSR count). The van der Waals surface area contributed by atoms with E-state index in [1.165, 1.54) is 17.4 Å². The second-order valence-electron chi connectivity index (χ2n) is 5.32. The van der Waals surface area contributed by atoms with Crippen molar-refractivity contribution in [3.05, 3.63) is 42.1 Å². The van der Waals surface area contributed by atoms with E-state index < -0.39 is 0 Å². The predicted molar refractivity (Wildman–Crippen MR) is 87.1 cm³/mol. The fourth-order valence-corrected chi connectivity index (χ4v) is 3.75. The van der Waals surface area contributed by atoms with E-state index in [2.05, 4.69) is 48.4 Å². The minimum absolute atomic E-state index is 0.510.